The number of ether oxygens (including phenoxy) is 1. The standard InChI is InChI=1S/C13H10INO3/c14-11-6-4-10(5-7-11)9-18-13(17)15-8-2-1-3-12(15)16/h1-8H,9H2. The Hall–Kier alpha value is -1.63. The van der Waals surface area contributed by atoms with Gasteiger partial charge in [0.05, 0.1) is 0 Å². The van der Waals surface area contributed by atoms with Gasteiger partial charge in [0.1, 0.15) is 6.61 Å². The fraction of sp³-hybridized carbons (Fsp3) is 0.0769. The van der Waals surface area contributed by atoms with E-state index in [0.717, 1.165) is 13.7 Å². The largest absolute Gasteiger partial charge is 0.444 e. The lowest BCUT2D eigenvalue weighted by Gasteiger charge is -2.06. The van der Waals surface area contributed by atoms with Gasteiger partial charge in [0, 0.05) is 15.8 Å². The van der Waals surface area contributed by atoms with Crippen LogP contribution in [0.5, 0.6) is 0 Å². The van der Waals surface area contributed by atoms with E-state index < -0.39 is 11.7 Å². The SMILES string of the molecule is O=C(OCc1ccc(I)cc1)n1ccccc1=O. The van der Waals surface area contributed by atoms with Gasteiger partial charge in [0.15, 0.2) is 0 Å². The van der Waals surface area contributed by atoms with Crippen molar-refractivity contribution in [3.8, 4) is 0 Å². The monoisotopic (exact) mass is 355 g/mol. The third-order valence-electron chi connectivity index (χ3n) is 2.29. The maximum Gasteiger partial charge on any atom is 0.421 e. The second kappa shape index (κ2) is 5.81. The molecule has 2 rings (SSSR count). The van der Waals surface area contributed by atoms with E-state index in [4.69, 9.17) is 4.74 Å². The Morgan fingerprint density at radius 2 is 1.89 bits per heavy atom. The normalized spacial score (nSPS) is 10.1. The van der Waals surface area contributed by atoms with Gasteiger partial charge < -0.3 is 4.74 Å². The third-order valence-corrected chi connectivity index (χ3v) is 3.01. The van der Waals surface area contributed by atoms with Crippen LogP contribution in [0.15, 0.2) is 53.5 Å². The molecule has 18 heavy (non-hydrogen) atoms. The highest BCUT2D eigenvalue weighted by molar-refractivity contribution is 14.1. The Morgan fingerprint density at radius 3 is 2.56 bits per heavy atom. The summed E-state index contributed by atoms with van der Waals surface area (Å²) in [6, 6.07) is 12.1. The number of carbonyl (C=O) groups is 1. The number of halogens is 1. The molecule has 0 N–H and O–H groups in total. The summed E-state index contributed by atoms with van der Waals surface area (Å²) < 4.78 is 7.11. The first-order valence-electron chi connectivity index (χ1n) is 5.26. The molecule has 0 fully saturated rings. The minimum absolute atomic E-state index is 0.150. The van der Waals surface area contributed by atoms with Gasteiger partial charge in [0.2, 0.25) is 0 Å². The summed E-state index contributed by atoms with van der Waals surface area (Å²) in [6.45, 7) is 0.150. The summed E-state index contributed by atoms with van der Waals surface area (Å²) in [5.74, 6) is 0. The van der Waals surface area contributed by atoms with Crippen LogP contribution in [0.25, 0.3) is 0 Å². The van der Waals surface area contributed by atoms with Crippen LogP contribution in [-0.4, -0.2) is 10.7 Å². The summed E-state index contributed by atoms with van der Waals surface area (Å²) >= 11 is 2.20. The average molecular weight is 355 g/mol. The van der Waals surface area contributed by atoms with Crippen LogP contribution >= 0.6 is 22.6 Å². The van der Waals surface area contributed by atoms with E-state index in [0.29, 0.717) is 0 Å². The molecule has 0 atom stereocenters. The molecule has 0 aliphatic rings. The Bertz CT molecular complexity index is 604. The van der Waals surface area contributed by atoms with E-state index in [1.807, 2.05) is 24.3 Å². The molecular weight excluding hydrogens is 345 g/mol. The van der Waals surface area contributed by atoms with Crippen LogP contribution in [0.3, 0.4) is 0 Å². The quantitative estimate of drug-likeness (QED) is 0.779. The van der Waals surface area contributed by atoms with Gasteiger partial charge in [-0.15, -0.1) is 0 Å². The summed E-state index contributed by atoms with van der Waals surface area (Å²) in [7, 11) is 0. The first kappa shape index (κ1) is 12.8. The molecule has 0 unspecified atom stereocenters. The van der Waals surface area contributed by atoms with E-state index in [2.05, 4.69) is 22.6 Å². The topological polar surface area (TPSA) is 48.3 Å². The van der Waals surface area contributed by atoms with Crippen LogP contribution in [0.2, 0.25) is 0 Å². The molecule has 2 aromatic rings. The number of carbonyl (C=O) groups excluding carboxylic acids is 1. The molecule has 1 heterocycles. The molecule has 92 valence electrons. The molecule has 5 heteroatoms. The van der Waals surface area contributed by atoms with Crippen molar-refractivity contribution in [2.75, 3.05) is 0 Å². The van der Waals surface area contributed by atoms with Gasteiger partial charge >= 0.3 is 6.09 Å². The molecule has 0 aliphatic carbocycles. The second-order valence-corrected chi connectivity index (χ2v) is 4.84. The third kappa shape index (κ3) is 3.19. The minimum Gasteiger partial charge on any atom is -0.444 e. The van der Waals surface area contributed by atoms with Gasteiger partial charge in [-0.2, -0.15) is 0 Å². The van der Waals surface area contributed by atoms with Gasteiger partial charge in [-0.3, -0.25) is 4.79 Å². The number of pyridine rings is 1. The van der Waals surface area contributed by atoms with Crippen molar-refractivity contribution in [2.45, 2.75) is 6.61 Å². The summed E-state index contributed by atoms with van der Waals surface area (Å²) in [4.78, 5) is 23.0. The van der Waals surface area contributed by atoms with Crippen LogP contribution in [0.4, 0.5) is 4.79 Å². The molecule has 0 saturated carbocycles. The van der Waals surface area contributed by atoms with Crippen molar-refractivity contribution in [3.05, 3.63) is 68.1 Å². The number of nitrogens with zero attached hydrogens (tertiary/aromatic N) is 1. The second-order valence-electron chi connectivity index (χ2n) is 3.59. The van der Waals surface area contributed by atoms with Crippen molar-refractivity contribution in [1.82, 2.24) is 4.57 Å². The highest BCUT2D eigenvalue weighted by Gasteiger charge is 2.07. The highest BCUT2D eigenvalue weighted by Crippen LogP contribution is 2.07. The Balaban J connectivity index is 2.03. The molecule has 4 nitrogen and oxygen atoms in total. The summed E-state index contributed by atoms with van der Waals surface area (Å²) in [5, 5.41) is 0. The maximum atomic E-state index is 11.6. The molecule has 1 aromatic carbocycles. The van der Waals surface area contributed by atoms with Crippen molar-refractivity contribution in [1.29, 1.82) is 0 Å². The lowest BCUT2D eigenvalue weighted by atomic mass is 10.2. The zero-order valence-corrected chi connectivity index (χ0v) is 11.5. The van der Waals surface area contributed by atoms with E-state index >= 15 is 0 Å². The molecule has 0 radical (unpaired) electrons. The molecular formula is C13H10INO3. The molecule has 0 amide bonds. The molecule has 0 bridgehead atoms. The van der Waals surface area contributed by atoms with Gasteiger partial charge in [0.25, 0.3) is 5.56 Å². The Kier molecular flexibility index (Phi) is 4.14. The number of aromatic nitrogens is 1. The lowest BCUT2D eigenvalue weighted by Crippen LogP contribution is -2.26. The first-order valence-corrected chi connectivity index (χ1v) is 6.34. The first-order chi connectivity index (χ1) is 8.66. The van der Waals surface area contributed by atoms with Crippen molar-refractivity contribution < 1.29 is 9.53 Å². The number of hydrogen-bond acceptors (Lipinski definition) is 3. The maximum absolute atomic E-state index is 11.6. The molecule has 0 aliphatic heterocycles. The fourth-order valence-corrected chi connectivity index (χ4v) is 1.73. The highest BCUT2D eigenvalue weighted by atomic mass is 127. The van der Waals surface area contributed by atoms with E-state index in [9.17, 15) is 9.59 Å². The lowest BCUT2D eigenvalue weighted by molar-refractivity contribution is 0.140. The van der Waals surface area contributed by atoms with Crippen LogP contribution in [-0.2, 0) is 11.3 Å². The average Bonchev–Trinajstić information content (AvgIpc) is 2.38. The van der Waals surface area contributed by atoms with E-state index in [1.54, 1.807) is 12.1 Å². The Labute approximate surface area is 117 Å². The summed E-state index contributed by atoms with van der Waals surface area (Å²) in [5.41, 5.74) is 0.484. The van der Waals surface area contributed by atoms with E-state index in [1.165, 1.54) is 12.3 Å². The number of hydrogen-bond donors (Lipinski definition) is 0. The zero-order valence-electron chi connectivity index (χ0n) is 9.38. The number of benzene rings is 1. The smallest absolute Gasteiger partial charge is 0.421 e. The minimum atomic E-state index is -0.667. The molecule has 1 aromatic heterocycles. The fourth-order valence-electron chi connectivity index (χ4n) is 1.37. The predicted octanol–water partition coefficient (Wildman–Crippen LogP) is 2.64. The zero-order chi connectivity index (χ0) is 13.0. The number of rotatable bonds is 2. The van der Waals surface area contributed by atoms with Crippen molar-refractivity contribution in [2.24, 2.45) is 0 Å². The van der Waals surface area contributed by atoms with Crippen LogP contribution in [0, 0.1) is 3.57 Å². The van der Waals surface area contributed by atoms with Crippen molar-refractivity contribution in [3.63, 3.8) is 0 Å². The van der Waals surface area contributed by atoms with Crippen molar-refractivity contribution >= 4 is 28.7 Å². The van der Waals surface area contributed by atoms with Gasteiger partial charge in [-0.1, -0.05) is 18.2 Å². The van der Waals surface area contributed by atoms with E-state index in [-0.39, 0.29) is 6.61 Å². The predicted molar refractivity (Wildman–Crippen MR) is 75.4 cm³/mol. The Morgan fingerprint density at radius 1 is 1.17 bits per heavy atom. The van der Waals surface area contributed by atoms with Gasteiger partial charge in [-0.25, -0.2) is 9.36 Å². The van der Waals surface area contributed by atoms with Crippen LogP contribution in [0.1, 0.15) is 5.56 Å². The van der Waals surface area contributed by atoms with Gasteiger partial charge in [-0.05, 0) is 46.4 Å². The molecule has 0 spiro atoms. The van der Waals surface area contributed by atoms with Crippen LogP contribution < -0.4 is 5.56 Å². The summed E-state index contributed by atoms with van der Waals surface area (Å²) in [6.07, 6.45) is 0.720. The molecule has 0 saturated heterocycles.